The van der Waals surface area contributed by atoms with Gasteiger partial charge in [0.2, 0.25) is 5.91 Å². The van der Waals surface area contributed by atoms with Crippen LogP contribution in [0.4, 0.5) is 10.5 Å². The van der Waals surface area contributed by atoms with Crippen LogP contribution in [0.5, 0.6) is 11.5 Å². The van der Waals surface area contributed by atoms with E-state index in [4.69, 9.17) is 4.74 Å². The molecule has 7 nitrogen and oxygen atoms in total. The van der Waals surface area contributed by atoms with Crippen molar-refractivity contribution >= 4 is 40.6 Å². The van der Waals surface area contributed by atoms with Crippen LogP contribution in [0.3, 0.4) is 0 Å². The van der Waals surface area contributed by atoms with Crippen molar-refractivity contribution in [2.45, 2.75) is 13.8 Å². The summed E-state index contributed by atoms with van der Waals surface area (Å²) in [5.74, 6) is -0.146. The number of ether oxygens (including phenoxy) is 1. The second kappa shape index (κ2) is 8.40. The molecule has 0 aliphatic carbocycles. The number of aromatic hydroxyl groups is 1. The highest BCUT2D eigenvalue weighted by atomic mass is 32.2. The number of anilines is 1. The fourth-order valence-electron chi connectivity index (χ4n) is 2.88. The number of phenolic OH excluding ortho intramolecular Hbond substituents is 1. The Balaban J connectivity index is 1.70. The van der Waals surface area contributed by atoms with E-state index in [2.05, 4.69) is 5.32 Å². The lowest BCUT2D eigenvalue weighted by molar-refractivity contribution is -0.127. The van der Waals surface area contributed by atoms with Gasteiger partial charge in [0.15, 0.2) is 0 Å². The second-order valence-electron chi connectivity index (χ2n) is 6.55. The van der Waals surface area contributed by atoms with Gasteiger partial charge in [-0.1, -0.05) is 0 Å². The van der Waals surface area contributed by atoms with Crippen molar-refractivity contribution in [1.82, 2.24) is 4.90 Å². The fourth-order valence-corrected chi connectivity index (χ4v) is 3.72. The van der Waals surface area contributed by atoms with Gasteiger partial charge in [0.05, 0.1) is 12.0 Å². The highest BCUT2D eigenvalue weighted by Crippen LogP contribution is 2.33. The first-order chi connectivity index (χ1) is 13.8. The van der Waals surface area contributed by atoms with E-state index in [0.29, 0.717) is 28.1 Å². The lowest BCUT2D eigenvalue weighted by Gasteiger charge is -2.12. The first-order valence-corrected chi connectivity index (χ1v) is 9.59. The lowest BCUT2D eigenvalue weighted by atomic mass is 10.1. The van der Waals surface area contributed by atoms with Crippen LogP contribution in [0.2, 0.25) is 0 Å². The monoisotopic (exact) mass is 412 g/mol. The first-order valence-electron chi connectivity index (χ1n) is 8.78. The van der Waals surface area contributed by atoms with Crippen LogP contribution >= 0.6 is 11.8 Å². The molecule has 8 heteroatoms. The Morgan fingerprint density at radius 2 is 1.79 bits per heavy atom. The molecule has 0 radical (unpaired) electrons. The topological polar surface area (TPSA) is 95.9 Å². The summed E-state index contributed by atoms with van der Waals surface area (Å²) in [6.45, 7) is 3.14. The number of phenols is 1. The van der Waals surface area contributed by atoms with Gasteiger partial charge in [-0.25, -0.2) is 0 Å². The fraction of sp³-hybridized carbons (Fsp3) is 0.190. The molecule has 0 saturated carbocycles. The quantitative estimate of drug-likeness (QED) is 0.727. The van der Waals surface area contributed by atoms with E-state index in [9.17, 15) is 19.5 Å². The number of imide groups is 1. The predicted octanol–water partition coefficient (Wildman–Crippen LogP) is 3.69. The van der Waals surface area contributed by atoms with Crippen molar-refractivity contribution in [1.29, 1.82) is 0 Å². The molecule has 2 N–H and O–H groups in total. The van der Waals surface area contributed by atoms with Crippen molar-refractivity contribution in [2.24, 2.45) is 0 Å². The number of thioether (sulfide) groups is 1. The van der Waals surface area contributed by atoms with Gasteiger partial charge in [0.1, 0.15) is 18.0 Å². The van der Waals surface area contributed by atoms with Crippen LogP contribution in [-0.2, 0) is 9.59 Å². The Morgan fingerprint density at radius 1 is 1.17 bits per heavy atom. The maximum atomic E-state index is 12.6. The largest absolute Gasteiger partial charge is 0.507 e. The summed E-state index contributed by atoms with van der Waals surface area (Å²) in [6, 6.07) is 10.2. The standard InChI is InChI=1S/C21H20N2O5S/c1-12-8-14(9-13(2)19(12)25)10-17-20(26)23(21(27)29-17)11-18(24)22-15-4-6-16(28-3)7-5-15/h4-10,25H,11H2,1-3H3,(H,22,24)/b17-10-. The molecule has 150 valence electrons. The van der Waals surface area contributed by atoms with Crippen LogP contribution in [0.1, 0.15) is 16.7 Å². The van der Waals surface area contributed by atoms with Crippen molar-refractivity contribution in [3.05, 3.63) is 58.0 Å². The highest BCUT2D eigenvalue weighted by molar-refractivity contribution is 8.18. The Kier molecular flexibility index (Phi) is 5.93. The molecular formula is C21H20N2O5S. The van der Waals surface area contributed by atoms with E-state index in [1.807, 2.05) is 0 Å². The Morgan fingerprint density at radius 3 is 2.38 bits per heavy atom. The number of carbonyl (C=O) groups excluding carboxylic acids is 3. The average Bonchev–Trinajstić information content (AvgIpc) is 2.94. The molecule has 29 heavy (non-hydrogen) atoms. The molecule has 3 amide bonds. The van der Waals surface area contributed by atoms with E-state index in [1.165, 1.54) is 0 Å². The van der Waals surface area contributed by atoms with Crippen LogP contribution in [-0.4, -0.2) is 40.7 Å². The van der Waals surface area contributed by atoms with Gasteiger partial charge >= 0.3 is 0 Å². The Bertz CT molecular complexity index is 991. The molecular weight excluding hydrogens is 392 g/mol. The number of carbonyl (C=O) groups is 3. The summed E-state index contributed by atoms with van der Waals surface area (Å²) in [5, 5.41) is 12.0. The van der Waals surface area contributed by atoms with Gasteiger partial charge in [0, 0.05) is 5.69 Å². The van der Waals surface area contributed by atoms with Crippen LogP contribution in [0.15, 0.2) is 41.3 Å². The van der Waals surface area contributed by atoms with Crippen LogP contribution < -0.4 is 10.1 Å². The van der Waals surface area contributed by atoms with Gasteiger partial charge in [0.25, 0.3) is 11.1 Å². The molecule has 0 spiro atoms. The number of hydrogen-bond donors (Lipinski definition) is 2. The normalized spacial score (nSPS) is 15.1. The minimum atomic E-state index is -0.520. The van der Waals surface area contributed by atoms with Crippen LogP contribution in [0.25, 0.3) is 6.08 Å². The lowest BCUT2D eigenvalue weighted by Crippen LogP contribution is -2.36. The van der Waals surface area contributed by atoms with Crippen molar-refractivity contribution in [3.63, 3.8) is 0 Å². The third kappa shape index (κ3) is 4.60. The minimum Gasteiger partial charge on any atom is -0.507 e. The first kappa shape index (κ1) is 20.5. The SMILES string of the molecule is COc1ccc(NC(=O)CN2C(=O)S/C(=C\c3cc(C)c(O)c(C)c3)C2=O)cc1. The Labute approximate surface area is 172 Å². The zero-order valence-electron chi connectivity index (χ0n) is 16.2. The van der Waals surface area contributed by atoms with Gasteiger partial charge in [-0.2, -0.15) is 0 Å². The van der Waals surface area contributed by atoms with E-state index < -0.39 is 17.1 Å². The molecule has 0 bridgehead atoms. The number of nitrogens with zero attached hydrogens (tertiary/aromatic N) is 1. The van der Waals surface area contributed by atoms with E-state index in [0.717, 1.165) is 16.7 Å². The molecule has 0 aromatic heterocycles. The zero-order valence-corrected chi connectivity index (χ0v) is 17.0. The maximum absolute atomic E-state index is 12.6. The molecule has 1 saturated heterocycles. The van der Waals surface area contributed by atoms with Gasteiger partial charge < -0.3 is 15.2 Å². The number of methoxy groups -OCH3 is 1. The summed E-state index contributed by atoms with van der Waals surface area (Å²) < 4.78 is 5.06. The van der Waals surface area contributed by atoms with Crippen molar-refractivity contribution in [2.75, 3.05) is 19.0 Å². The second-order valence-corrected chi connectivity index (χ2v) is 7.54. The molecule has 3 rings (SSSR count). The summed E-state index contributed by atoms with van der Waals surface area (Å²) in [6.07, 6.45) is 1.59. The number of rotatable bonds is 5. The van der Waals surface area contributed by atoms with Gasteiger partial charge in [-0.3, -0.25) is 19.3 Å². The molecule has 1 aliphatic heterocycles. The zero-order chi connectivity index (χ0) is 21.1. The molecule has 1 aliphatic rings. The molecule has 1 heterocycles. The Hall–Kier alpha value is -3.26. The molecule has 2 aromatic rings. The highest BCUT2D eigenvalue weighted by Gasteiger charge is 2.36. The third-order valence-electron chi connectivity index (χ3n) is 4.36. The molecule has 2 aromatic carbocycles. The average molecular weight is 412 g/mol. The number of hydrogen-bond acceptors (Lipinski definition) is 6. The predicted molar refractivity (Wildman–Crippen MR) is 112 cm³/mol. The number of aryl methyl sites for hydroxylation is 2. The third-order valence-corrected chi connectivity index (χ3v) is 5.27. The van der Waals surface area contributed by atoms with E-state index in [1.54, 1.807) is 63.4 Å². The number of amides is 3. The van der Waals surface area contributed by atoms with Crippen LogP contribution in [0, 0.1) is 13.8 Å². The smallest absolute Gasteiger partial charge is 0.294 e. The summed E-state index contributed by atoms with van der Waals surface area (Å²) in [5.41, 5.74) is 2.59. The maximum Gasteiger partial charge on any atom is 0.294 e. The minimum absolute atomic E-state index is 0.199. The summed E-state index contributed by atoms with van der Waals surface area (Å²) in [4.78, 5) is 38.2. The van der Waals surface area contributed by atoms with Crippen molar-refractivity contribution < 1.29 is 24.2 Å². The molecule has 0 atom stereocenters. The summed E-state index contributed by atoms with van der Waals surface area (Å²) >= 11 is 0.785. The van der Waals surface area contributed by atoms with Gasteiger partial charge in [-0.05, 0) is 84.8 Å². The number of benzene rings is 2. The molecule has 0 unspecified atom stereocenters. The van der Waals surface area contributed by atoms with Crippen molar-refractivity contribution in [3.8, 4) is 11.5 Å². The van der Waals surface area contributed by atoms with E-state index in [-0.39, 0.29) is 17.2 Å². The van der Waals surface area contributed by atoms with E-state index >= 15 is 0 Å². The summed E-state index contributed by atoms with van der Waals surface area (Å²) in [7, 11) is 1.54. The number of nitrogens with one attached hydrogen (secondary N) is 1. The molecule has 1 fully saturated rings. The van der Waals surface area contributed by atoms with Gasteiger partial charge in [-0.15, -0.1) is 0 Å².